The summed E-state index contributed by atoms with van der Waals surface area (Å²) in [6, 6.07) is 0. The van der Waals surface area contributed by atoms with Gasteiger partial charge in [-0.1, -0.05) is 6.08 Å². The van der Waals surface area contributed by atoms with Crippen LogP contribution in [0.15, 0.2) is 11.6 Å². The summed E-state index contributed by atoms with van der Waals surface area (Å²) in [5, 5.41) is 0. The molecule has 4 heteroatoms. The summed E-state index contributed by atoms with van der Waals surface area (Å²) in [5.74, 6) is -0.404. The zero-order valence-corrected chi connectivity index (χ0v) is 8.69. The summed E-state index contributed by atoms with van der Waals surface area (Å²) in [6.45, 7) is 1.30. The minimum absolute atomic E-state index is 0.0205. The molecule has 0 spiro atoms. The number of ketones is 1. The Bertz CT molecular complexity index is 304. The minimum atomic E-state index is -0.539. The SMILES string of the molecule is CC(=O)OC(CCC=O)C1=CCCC1=O. The van der Waals surface area contributed by atoms with Gasteiger partial charge in [0.25, 0.3) is 0 Å². The van der Waals surface area contributed by atoms with E-state index in [1.54, 1.807) is 6.08 Å². The first kappa shape index (κ1) is 11.6. The fraction of sp³-hybridized carbons (Fsp3) is 0.545. The molecule has 0 aliphatic heterocycles. The lowest BCUT2D eigenvalue weighted by molar-refractivity contribution is -0.145. The number of allylic oxidation sites excluding steroid dienone is 1. The predicted octanol–water partition coefficient (Wildman–Crippen LogP) is 1.19. The van der Waals surface area contributed by atoms with Crippen molar-refractivity contribution in [3.05, 3.63) is 11.6 Å². The lowest BCUT2D eigenvalue weighted by Crippen LogP contribution is -2.22. The average Bonchev–Trinajstić information content (AvgIpc) is 2.58. The average molecular weight is 210 g/mol. The van der Waals surface area contributed by atoms with Gasteiger partial charge < -0.3 is 9.53 Å². The molecule has 0 aromatic rings. The van der Waals surface area contributed by atoms with Gasteiger partial charge in [-0.25, -0.2) is 0 Å². The molecule has 0 heterocycles. The van der Waals surface area contributed by atoms with E-state index in [0.717, 1.165) is 6.29 Å². The molecular formula is C11H14O4. The maximum atomic E-state index is 11.4. The number of ether oxygens (including phenoxy) is 1. The molecule has 0 bridgehead atoms. The van der Waals surface area contributed by atoms with E-state index < -0.39 is 12.1 Å². The van der Waals surface area contributed by atoms with Crippen LogP contribution in [0.25, 0.3) is 0 Å². The standard InChI is InChI=1S/C11H14O4/c1-8(13)15-11(6-3-7-12)9-4-2-5-10(9)14/h4,7,11H,2-3,5-6H2,1H3. The maximum Gasteiger partial charge on any atom is 0.303 e. The van der Waals surface area contributed by atoms with E-state index in [-0.39, 0.29) is 5.78 Å². The van der Waals surface area contributed by atoms with Gasteiger partial charge in [0.15, 0.2) is 5.78 Å². The number of carbonyl (C=O) groups excluding carboxylic acids is 3. The molecule has 0 saturated heterocycles. The smallest absolute Gasteiger partial charge is 0.303 e. The van der Waals surface area contributed by atoms with E-state index in [4.69, 9.17) is 4.74 Å². The number of carbonyl (C=O) groups is 3. The zero-order valence-electron chi connectivity index (χ0n) is 8.69. The summed E-state index contributed by atoms with van der Waals surface area (Å²) in [7, 11) is 0. The molecule has 1 aliphatic rings. The molecule has 0 N–H and O–H groups in total. The molecule has 1 aliphatic carbocycles. The van der Waals surface area contributed by atoms with Crippen LogP contribution in [0.4, 0.5) is 0 Å². The second kappa shape index (κ2) is 5.44. The van der Waals surface area contributed by atoms with Crippen molar-refractivity contribution in [2.75, 3.05) is 0 Å². The zero-order chi connectivity index (χ0) is 11.3. The molecule has 0 amide bonds. The Kier molecular flexibility index (Phi) is 4.21. The molecule has 0 aromatic heterocycles. The molecule has 15 heavy (non-hydrogen) atoms. The second-order valence-corrected chi connectivity index (χ2v) is 3.46. The normalized spacial score (nSPS) is 17.1. The molecule has 0 radical (unpaired) electrons. The van der Waals surface area contributed by atoms with Gasteiger partial charge in [0, 0.05) is 25.3 Å². The van der Waals surface area contributed by atoms with Crippen LogP contribution < -0.4 is 0 Å². The number of Topliss-reactive ketones (excluding diaryl/α,β-unsaturated/α-hetero) is 1. The van der Waals surface area contributed by atoms with Gasteiger partial charge >= 0.3 is 5.97 Å². The van der Waals surface area contributed by atoms with Crippen LogP contribution in [0.5, 0.6) is 0 Å². The Morgan fingerprint density at radius 3 is 2.87 bits per heavy atom. The van der Waals surface area contributed by atoms with Crippen molar-refractivity contribution in [1.29, 1.82) is 0 Å². The van der Waals surface area contributed by atoms with Gasteiger partial charge in [-0.15, -0.1) is 0 Å². The largest absolute Gasteiger partial charge is 0.458 e. The Morgan fingerprint density at radius 2 is 2.40 bits per heavy atom. The van der Waals surface area contributed by atoms with Gasteiger partial charge in [-0.2, -0.15) is 0 Å². The van der Waals surface area contributed by atoms with Crippen molar-refractivity contribution in [3.8, 4) is 0 Å². The fourth-order valence-corrected chi connectivity index (χ4v) is 1.63. The summed E-state index contributed by atoms with van der Waals surface area (Å²) in [4.78, 5) is 32.5. The third-order valence-electron chi connectivity index (χ3n) is 2.26. The fourth-order valence-electron chi connectivity index (χ4n) is 1.63. The molecule has 0 fully saturated rings. The van der Waals surface area contributed by atoms with Crippen LogP contribution in [-0.4, -0.2) is 24.1 Å². The highest BCUT2D eigenvalue weighted by molar-refractivity contribution is 5.98. The van der Waals surface area contributed by atoms with E-state index in [0.29, 0.717) is 31.3 Å². The molecular weight excluding hydrogens is 196 g/mol. The Morgan fingerprint density at radius 1 is 1.67 bits per heavy atom. The lowest BCUT2D eigenvalue weighted by atomic mass is 10.0. The molecule has 4 nitrogen and oxygen atoms in total. The molecule has 1 atom stereocenters. The molecule has 1 rings (SSSR count). The second-order valence-electron chi connectivity index (χ2n) is 3.46. The highest BCUT2D eigenvalue weighted by Gasteiger charge is 2.25. The van der Waals surface area contributed by atoms with Crippen LogP contribution >= 0.6 is 0 Å². The van der Waals surface area contributed by atoms with E-state index in [1.807, 2.05) is 0 Å². The Labute approximate surface area is 88.3 Å². The van der Waals surface area contributed by atoms with E-state index in [9.17, 15) is 14.4 Å². The van der Waals surface area contributed by atoms with Crippen LogP contribution in [-0.2, 0) is 19.1 Å². The highest BCUT2D eigenvalue weighted by atomic mass is 16.5. The van der Waals surface area contributed by atoms with E-state index in [1.165, 1.54) is 6.92 Å². The summed E-state index contributed by atoms with van der Waals surface area (Å²) in [6.07, 6.45) is 3.88. The summed E-state index contributed by atoms with van der Waals surface area (Å²) in [5.41, 5.74) is 0.548. The van der Waals surface area contributed by atoms with Crippen molar-refractivity contribution in [1.82, 2.24) is 0 Å². The third-order valence-corrected chi connectivity index (χ3v) is 2.26. The van der Waals surface area contributed by atoms with Crippen LogP contribution in [0.2, 0.25) is 0 Å². The minimum Gasteiger partial charge on any atom is -0.458 e. The predicted molar refractivity (Wildman–Crippen MR) is 53.2 cm³/mol. The first-order valence-electron chi connectivity index (χ1n) is 4.99. The Balaban J connectivity index is 2.66. The van der Waals surface area contributed by atoms with Crippen LogP contribution in [0.1, 0.15) is 32.6 Å². The number of hydrogen-bond acceptors (Lipinski definition) is 4. The van der Waals surface area contributed by atoms with Gasteiger partial charge in [0.2, 0.25) is 0 Å². The molecule has 0 saturated carbocycles. The van der Waals surface area contributed by atoms with Gasteiger partial charge in [0.05, 0.1) is 0 Å². The van der Waals surface area contributed by atoms with Crippen LogP contribution in [0, 0.1) is 0 Å². The van der Waals surface area contributed by atoms with Crippen molar-refractivity contribution >= 4 is 18.0 Å². The first-order valence-corrected chi connectivity index (χ1v) is 4.99. The number of aldehydes is 1. The molecule has 0 aromatic carbocycles. The molecule has 82 valence electrons. The lowest BCUT2D eigenvalue weighted by Gasteiger charge is -2.16. The summed E-state index contributed by atoms with van der Waals surface area (Å²) >= 11 is 0. The van der Waals surface area contributed by atoms with Crippen molar-refractivity contribution in [2.45, 2.75) is 38.7 Å². The van der Waals surface area contributed by atoms with Crippen molar-refractivity contribution < 1.29 is 19.1 Å². The van der Waals surface area contributed by atoms with Crippen molar-refractivity contribution in [2.24, 2.45) is 0 Å². The first-order chi connectivity index (χ1) is 7.15. The Hall–Kier alpha value is -1.45. The highest BCUT2D eigenvalue weighted by Crippen LogP contribution is 2.22. The topological polar surface area (TPSA) is 60.4 Å². The quantitative estimate of drug-likeness (QED) is 0.505. The van der Waals surface area contributed by atoms with Gasteiger partial charge in [-0.05, 0) is 12.8 Å². The number of esters is 1. The van der Waals surface area contributed by atoms with Crippen molar-refractivity contribution in [3.63, 3.8) is 0 Å². The monoisotopic (exact) mass is 210 g/mol. The van der Waals surface area contributed by atoms with E-state index >= 15 is 0 Å². The summed E-state index contributed by atoms with van der Waals surface area (Å²) < 4.78 is 5.02. The maximum absolute atomic E-state index is 11.4. The van der Waals surface area contributed by atoms with Gasteiger partial charge in [0.1, 0.15) is 12.4 Å². The van der Waals surface area contributed by atoms with Crippen LogP contribution in [0.3, 0.4) is 0 Å². The number of hydrogen-bond donors (Lipinski definition) is 0. The van der Waals surface area contributed by atoms with Gasteiger partial charge in [-0.3, -0.25) is 9.59 Å². The van der Waals surface area contributed by atoms with E-state index in [2.05, 4.69) is 0 Å². The third kappa shape index (κ3) is 3.31. The molecule has 1 unspecified atom stereocenters. The number of rotatable bonds is 5.